The monoisotopic (exact) mass is 127 g/mol. The Morgan fingerprint density at radius 2 is 2.00 bits per heavy atom. The molecule has 0 spiro atoms. The summed E-state index contributed by atoms with van der Waals surface area (Å²) in [4.78, 5) is 20.5. The third kappa shape index (κ3) is 3.46. The van der Waals surface area contributed by atoms with E-state index >= 15 is 0 Å². The van der Waals surface area contributed by atoms with Gasteiger partial charge in [-0.2, -0.15) is 0 Å². The lowest BCUT2D eigenvalue weighted by Crippen LogP contribution is -2.14. The minimum absolute atomic E-state index is 0.0648. The second-order valence-electron chi connectivity index (χ2n) is 1.85. The maximum absolute atomic E-state index is 10.3. The summed E-state index contributed by atoms with van der Waals surface area (Å²) >= 11 is 0. The van der Waals surface area contributed by atoms with Crippen molar-refractivity contribution in [3.63, 3.8) is 0 Å². The van der Waals surface area contributed by atoms with Gasteiger partial charge in [0.15, 0.2) is 0 Å². The molecule has 0 aromatic carbocycles. The fourth-order valence-corrected chi connectivity index (χ4v) is 0.388. The number of hydrogen-bond acceptors (Lipinski definition) is 2. The molecule has 0 saturated heterocycles. The molecule has 0 saturated carbocycles. The summed E-state index contributed by atoms with van der Waals surface area (Å²) in [6, 6.07) is 0. The van der Waals surface area contributed by atoms with Crippen molar-refractivity contribution < 1.29 is 9.59 Å². The fourth-order valence-electron chi connectivity index (χ4n) is 0.388. The van der Waals surface area contributed by atoms with E-state index in [4.69, 9.17) is 5.73 Å². The highest BCUT2D eigenvalue weighted by Gasteiger charge is 2.02. The second-order valence-corrected chi connectivity index (χ2v) is 1.85. The van der Waals surface area contributed by atoms with E-state index in [1.54, 1.807) is 0 Å². The molecule has 1 amide bonds. The van der Waals surface area contributed by atoms with E-state index in [0.717, 1.165) is 0 Å². The number of primary amides is 1. The molecular formula is C6H9NO2. The van der Waals surface area contributed by atoms with Gasteiger partial charge in [0.1, 0.15) is 5.78 Å². The highest BCUT2D eigenvalue weighted by molar-refractivity contribution is 5.96. The Balaban J connectivity index is 3.79. The zero-order chi connectivity index (χ0) is 7.44. The summed E-state index contributed by atoms with van der Waals surface area (Å²) in [6.07, 6.45) is 0.0648. The molecule has 0 aromatic heterocycles. The van der Waals surface area contributed by atoms with Gasteiger partial charge in [-0.1, -0.05) is 6.58 Å². The van der Waals surface area contributed by atoms with Crippen LogP contribution in [-0.2, 0) is 9.59 Å². The van der Waals surface area contributed by atoms with Crippen molar-refractivity contribution >= 4 is 11.7 Å². The number of rotatable bonds is 3. The van der Waals surface area contributed by atoms with Gasteiger partial charge >= 0.3 is 0 Å². The third-order valence-electron chi connectivity index (χ3n) is 0.811. The van der Waals surface area contributed by atoms with Crippen LogP contribution < -0.4 is 5.73 Å². The summed E-state index contributed by atoms with van der Waals surface area (Å²) in [6.45, 7) is 4.68. The van der Waals surface area contributed by atoms with Crippen LogP contribution >= 0.6 is 0 Å². The third-order valence-corrected chi connectivity index (χ3v) is 0.811. The molecule has 3 heteroatoms. The van der Waals surface area contributed by atoms with E-state index in [-0.39, 0.29) is 17.8 Å². The van der Waals surface area contributed by atoms with E-state index in [0.29, 0.717) is 0 Å². The lowest BCUT2D eigenvalue weighted by atomic mass is 10.1. The largest absolute Gasteiger partial charge is 0.366 e. The highest BCUT2D eigenvalue weighted by atomic mass is 16.1. The Kier molecular flexibility index (Phi) is 2.64. The van der Waals surface area contributed by atoms with Gasteiger partial charge in [0, 0.05) is 12.0 Å². The van der Waals surface area contributed by atoms with Crippen LogP contribution in [0.25, 0.3) is 0 Å². The van der Waals surface area contributed by atoms with Crippen molar-refractivity contribution in [2.24, 2.45) is 5.73 Å². The average molecular weight is 127 g/mol. The molecule has 0 radical (unpaired) electrons. The van der Waals surface area contributed by atoms with Gasteiger partial charge < -0.3 is 5.73 Å². The number of nitrogens with two attached hydrogens (primary N) is 1. The fraction of sp³-hybridized carbons (Fsp3) is 0.333. The first kappa shape index (κ1) is 7.88. The van der Waals surface area contributed by atoms with Gasteiger partial charge in [-0.05, 0) is 6.92 Å². The van der Waals surface area contributed by atoms with Crippen molar-refractivity contribution in [3.05, 3.63) is 12.2 Å². The molecule has 0 aliphatic carbocycles. The molecular weight excluding hydrogens is 118 g/mol. The SMILES string of the molecule is C=C(CC(C)=O)C(N)=O. The smallest absolute Gasteiger partial charge is 0.244 e. The van der Waals surface area contributed by atoms with Crippen LogP contribution in [0.2, 0.25) is 0 Å². The van der Waals surface area contributed by atoms with Crippen molar-refractivity contribution in [3.8, 4) is 0 Å². The van der Waals surface area contributed by atoms with Crippen molar-refractivity contribution in [1.29, 1.82) is 0 Å². The number of Topliss-reactive ketones (excluding diaryl/α,β-unsaturated/α-hetero) is 1. The maximum atomic E-state index is 10.3. The quantitative estimate of drug-likeness (QED) is 0.543. The molecule has 0 unspecified atom stereocenters. The Labute approximate surface area is 53.5 Å². The zero-order valence-corrected chi connectivity index (χ0v) is 5.31. The molecule has 0 rings (SSSR count). The Bertz CT molecular complexity index is 160. The summed E-state index contributed by atoms with van der Waals surface area (Å²) in [7, 11) is 0. The van der Waals surface area contributed by atoms with Gasteiger partial charge in [0.05, 0.1) is 0 Å². The second kappa shape index (κ2) is 3.02. The maximum Gasteiger partial charge on any atom is 0.244 e. The topological polar surface area (TPSA) is 60.2 Å². The molecule has 0 atom stereocenters. The number of hydrogen-bond donors (Lipinski definition) is 1. The summed E-state index contributed by atoms with van der Waals surface area (Å²) in [5, 5.41) is 0. The van der Waals surface area contributed by atoms with E-state index < -0.39 is 5.91 Å². The summed E-state index contributed by atoms with van der Waals surface area (Å²) in [5.74, 6) is -0.705. The Morgan fingerprint density at radius 1 is 1.56 bits per heavy atom. The zero-order valence-electron chi connectivity index (χ0n) is 5.31. The van der Waals surface area contributed by atoms with Gasteiger partial charge in [-0.3, -0.25) is 9.59 Å². The van der Waals surface area contributed by atoms with E-state index in [9.17, 15) is 9.59 Å². The number of carbonyl (C=O) groups excluding carboxylic acids is 2. The predicted molar refractivity (Wildman–Crippen MR) is 33.6 cm³/mol. The molecule has 9 heavy (non-hydrogen) atoms. The van der Waals surface area contributed by atoms with Crippen LogP contribution in [0.3, 0.4) is 0 Å². The first-order chi connectivity index (χ1) is 4.04. The first-order valence-corrected chi connectivity index (χ1v) is 2.51. The number of carbonyl (C=O) groups is 2. The van der Waals surface area contributed by atoms with E-state index in [2.05, 4.69) is 6.58 Å². The predicted octanol–water partition coefficient (Wildman–Crippen LogP) is 0.00700. The highest BCUT2D eigenvalue weighted by Crippen LogP contribution is 1.95. The van der Waals surface area contributed by atoms with Crippen molar-refractivity contribution in [2.75, 3.05) is 0 Å². The van der Waals surface area contributed by atoms with Crippen molar-refractivity contribution in [2.45, 2.75) is 13.3 Å². The first-order valence-electron chi connectivity index (χ1n) is 2.51. The molecule has 0 heterocycles. The molecule has 0 fully saturated rings. The number of ketones is 1. The van der Waals surface area contributed by atoms with E-state index in [1.807, 2.05) is 0 Å². The minimum atomic E-state index is -0.606. The van der Waals surface area contributed by atoms with Gasteiger partial charge in [0.2, 0.25) is 5.91 Å². The molecule has 50 valence electrons. The molecule has 0 aliphatic rings. The lowest BCUT2D eigenvalue weighted by molar-refractivity contribution is -0.119. The van der Waals surface area contributed by atoms with E-state index in [1.165, 1.54) is 6.92 Å². The van der Waals surface area contributed by atoms with Crippen LogP contribution in [-0.4, -0.2) is 11.7 Å². The van der Waals surface area contributed by atoms with Gasteiger partial charge in [-0.15, -0.1) is 0 Å². The van der Waals surface area contributed by atoms with Crippen LogP contribution in [0.5, 0.6) is 0 Å². The van der Waals surface area contributed by atoms with Crippen LogP contribution in [0.1, 0.15) is 13.3 Å². The van der Waals surface area contributed by atoms with Crippen LogP contribution in [0, 0.1) is 0 Å². The van der Waals surface area contributed by atoms with Crippen LogP contribution in [0.4, 0.5) is 0 Å². The average Bonchev–Trinajstić information content (AvgIpc) is 1.63. The molecule has 0 bridgehead atoms. The standard InChI is InChI=1S/C6H9NO2/c1-4(6(7)9)3-5(2)8/h1,3H2,2H3,(H2,7,9). The van der Waals surface area contributed by atoms with Crippen LogP contribution in [0.15, 0.2) is 12.2 Å². The van der Waals surface area contributed by atoms with Gasteiger partial charge in [0.25, 0.3) is 0 Å². The molecule has 0 aliphatic heterocycles. The summed E-state index contributed by atoms with van der Waals surface area (Å²) in [5.41, 5.74) is 4.96. The minimum Gasteiger partial charge on any atom is -0.366 e. The molecule has 0 aromatic rings. The molecule has 3 nitrogen and oxygen atoms in total. The van der Waals surface area contributed by atoms with Gasteiger partial charge in [-0.25, -0.2) is 0 Å². The number of amides is 1. The molecule has 2 N–H and O–H groups in total. The normalized spacial score (nSPS) is 8.56. The van der Waals surface area contributed by atoms with Crippen molar-refractivity contribution in [1.82, 2.24) is 0 Å². The Hall–Kier alpha value is -1.12. The summed E-state index contributed by atoms with van der Waals surface area (Å²) < 4.78 is 0. The lowest BCUT2D eigenvalue weighted by Gasteiger charge is -1.93. The Morgan fingerprint density at radius 3 is 2.11 bits per heavy atom.